The number of hydrogen-bond donors (Lipinski definition) is 2. The van der Waals surface area contributed by atoms with Crippen LogP contribution in [0.1, 0.15) is 84.3 Å². The number of carbonyl (C=O) groups excluding carboxylic acids is 1. The predicted molar refractivity (Wildman–Crippen MR) is 136 cm³/mol. The second-order valence-electron chi connectivity index (χ2n) is 11.2. The molecule has 2 aliphatic rings. The lowest BCUT2D eigenvalue weighted by molar-refractivity contribution is -0.142. The minimum Gasteiger partial charge on any atom is -0.392 e. The van der Waals surface area contributed by atoms with Crippen LogP contribution in [0.25, 0.3) is 6.08 Å². The minimum absolute atomic E-state index is 0.00317. The SMILES string of the molecule is CC(=Cc1csc(C)n1)[C@@H]1C[C@@H]2O[C@]2(C)CCC[C@H](C)[C@H](O)[C@@H](C)C(=O)C(C)(C)[C@@H](O)CCO1. The third-order valence-corrected chi connectivity index (χ3v) is 8.80. The monoisotopic (exact) mass is 493 g/mol. The van der Waals surface area contributed by atoms with Crippen LogP contribution < -0.4 is 0 Å². The molecule has 0 aliphatic carbocycles. The molecule has 34 heavy (non-hydrogen) atoms. The third kappa shape index (κ3) is 6.35. The summed E-state index contributed by atoms with van der Waals surface area (Å²) < 4.78 is 12.4. The molecule has 7 heteroatoms. The summed E-state index contributed by atoms with van der Waals surface area (Å²) in [5.41, 5.74) is 0.879. The first-order chi connectivity index (χ1) is 15.8. The number of nitrogens with zero attached hydrogens (tertiary/aromatic N) is 1. The molecular weight excluding hydrogens is 450 g/mol. The van der Waals surface area contributed by atoms with E-state index in [2.05, 4.69) is 24.9 Å². The number of aromatic nitrogens is 1. The van der Waals surface area contributed by atoms with Gasteiger partial charge in [0.2, 0.25) is 0 Å². The largest absolute Gasteiger partial charge is 0.392 e. The lowest BCUT2D eigenvalue weighted by Gasteiger charge is -2.35. The minimum atomic E-state index is -0.961. The van der Waals surface area contributed by atoms with Crippen molar-refractivity contribution in [3.8, 4) is 0 Å². The zero-order valence-corrected chi connectivity index (χ0v) is 22.7. The van der Waals surface area contributed by atoms with Crippen molar-refractivity contribution in [1.82, 2.24) is 4.98 Å². The number of ketones is 1. The van der Waals surface area contributed by atoms with Crippen LogP contribution >= 0.6 is 11.3 Å². The molecule has 0 aromatic carbocycles. The molecule has 1 aromatic rings. The van der Waals surface area contributed by atoms with E-state index in [9.17, 15) is 15.0 Å². The van der Waals surface area contributed by atoms with Crippen LogP contribution in [0.4, 0.5) is 0 Å². The Morgan fingerprint density at radius 1 is 1.24 bits per heavy atom. The summed E-state index contributed by atoms with van der Waals surface area (Å²) in [4.78, 5) is 17.8. The normalized spacial score (nSPS) is 38.4. The molecule has 0 radical (unpaired) electrons. The number of aryl methyl sites for hydroxylation is 1. The van der Waals surface area contributed by atoms with Crippen molar-refractivity contribution in [1.29, 1.82) is 0 Å². The number of fused-ring (bicyclic) bond motifs is 1. The topological polar surface area (TPSA) is 92.2 Å². The molecule has 0 saturated carbocycles. The molecule has 2 aliphatic heterocycles. The van der Waals surface area contributed by atoms with Gasteiger partial charge in [-0.15, -0.1) is 11.3 Å². The lowest BCUT2D eigenvalue weighted by atomic mass is 9.73. The first kappa shape index (κ1) is 27.5. The molecule has 0 unspecified atom stereocenters. The first-order valence-electron chi connectivity index (χ1n) is 12.7. The highest BCUT2D eigenvalue weighted by Crippen LogP contribution is 2.45. The Kier molecular flexibility index (Phi) is 8.78. The van der Waals surface area contributed by atoms with E-state index in [1.54, 1.807) is 32.1 Å². The molecule has 0 spiro atoms. The molecule has 2 fully saturated rings. The van der Waals surface area contributed by atoms with E-state index in [1.165, 1.54) is 0 Å². The number of epoxide rings is 1. The maximum atomic E-state index is 13.2. The van der Waals surface area contributed by atoms with Gasteiger partial charge in [0, 0.05) is 29.7 Å². The summed E-state index contributed by atoms with van der Waals surface area (Å²) in [5.74, 6) is -0.632. The number of aliphatic hydroxyl groups is 2. The fourth-order valence-corrected chi connectivity index (χ4v) is 5.76. The summed E-state index contributed by atoms with van der Waals surface area (Å²) in [6, 6.07) is 0. The molecule has 2 saturated heterocycles. The molecule has 3 heterocycles. The summed E-state index contributed by atoms with van der Waals surface area (Å²) in [7, 11) is 0. The molecule has 0 bridgehead atoms. The van der Waals surface area contributed by atoms with E-state index in [0.29, 0.717) is 13.0 Å². The fraction of sp³-hybridized carbons (Fsp3) is 0.778. The third-order valence-electron chi connectivity index (χ3n) is 8.00. The van der Waals surface area contributed by atoms with Crippen molar-refractivity contribution in [3.05, 3.63) is 21.7 Å². The van der Waals surface area contributed by atoms with Crippen LogP contribution in [0.5, 0.6) is 0 Å². The number of carbonyl (C=O) groups is 1. The Morgan fingerprint density at radius 3 is 2.59 bits per heavy atom. The van der Waals surface area contributed by atoms with Gasteiger partial charge in [0.05, 0.1) is 40.7 Å². The van der Waals surface area contributed by atoms with Gasteiger partial charge in [-0.2, -0.15) is 0 Å². The van der Waals surface area contributed by atoms with Crippen LogP contribution in [0.2, 0.25) is 0 Å². The summed E-state index contributed by atoms with van der Waals surface area (Å²) in [6.45, 7) is 13.9. The van der Waals surface area contributed by atoms with Gasteiger partial charge in [-0.3, -0.25) is 4.79 Å². The van der Waals surface area contributed by atoms with Crippen LogP contribution in [0.15, 0.2) is 11.0 Å². The number of aliphatic hydroxyl groups excluding tert-OH is 2. The van der Waals surface area contributed by atoms with E-state index in [4.69, 9.17) is 9.47 Å². The van der Waals surface area contributed by atoms with Gasteiger partial charge in [-0.05, 0) is 57.6 Å². The Morgan fingerprint density at radius 2 is 1.94 bits per heavy atom. The molecule has 192 valence electrons. The van der Waals surface area contributed by atoms with Crippen LogP contribution in [0.3, 0.4) is 0 Å². The predicted octanol–water partition coefficient (Wildman–Crippen LogP) is 4.95. The number of rotatable bonds is 2. The van der Waals surface area contributed by atoms with Crippen molar-refractivity contribution in [2.24, 2.45) is 17.3 Å². The average Bonchev–Trinajstić information content (AvgIpc) is 3.22. The molecule has 0 amide bonds. The van der Waals surface area contributed by atoms with Gasteiger partial charge in [-0.25, -0.2) is 4.98 Å². The quantitative estimate of drug-likeness (QED) is 0.566. The highest BCUT2D eigenvalue weighted by Gasteiger charge is 2.52. The summed E-state index contributed by atoms with van der Waals surface area (Å²) >= 11 is 1.62. The first-order valence-corrected chi connectivity index (χ1v) is 13.5. The zero-order valence-electron chi connectivity index (χ0n) is 21.8. The molecule has 6 nitrogen and oxygen atoms in total. The molecule has 3 rings (SSSR count). The molecule has 1 aromatic heterocycles. The van der Waals surface area contributed by atoms with Crippen LogP contribution in [-0.4, -0.2) is 57.6 Å². The highest BCUT2D eigenvalue weighted by molar-refractivity contribution is 7.09. The Hall–Kier alpha value is -1.12. The van der Waals surface area contributed by atoms with Gasteiger partial charge in [0.25, 0.3) is 0 Å². The highest BCUT2D eigenvalue weighted by atomic mass is 32.1. The second kappa shape index (κ2) is 10.9. The Bertz CT molecular complexity index is 880. The van der Waals surface area contributed by atoms with E-state index >= 15 is 0 Å². The Balaban J connectivity index is 1.79. The van der Waals surface area contributed by atoms with Gasteiger partial charge in [0.15, 0.2) is 0 Å². The van der Waals surface area contributed by atoms with E-state index in [1.807, 2.05) is 19.2 Å². The fourth-order valence-electron chi connectivity index (χ4n) is 5.19. The van der Waals surface area contributed by atoms with E-state index < -0.39 is 23.5 Å². The van der Waals surface area contributed by atoms with Crippen LogP contribution in [0, 0.1) is 24.2 Å². The molecule has 2 N–H and O–H groups in total. The maximum absolute atomic E-state index is 13.2. The Labute approximate surface area is 208 Å². The van der Waals surface area contributed by atoms with E-state index in [0.717, 1.165) is 42.0 Å². The van der Waals surface area contributed by atoms with Crippen molar-refractivity contribution in [3.63, 3.8) is 0 Å². The molecular formula is C27H43NO5S. The van der Waals surface area contributed by atoms with Crippen molar-refractivity contribution in [2.45, 2.75) is 111 Å². The number of thiazole rings is 1. The van der Waals surface area contributed by atoms with Crippen molar-refractivity contribution in [2.75, 3.05) is 6.61 Å². The van der Waals surface area contributed by atoms with Crippen LogP contribution in [-0.2, 0) is 14.3 Å². The molecule has 7 atom stereocenters. The van der Waals surface area contributed by atoms with Gasteiger partial charge >= 0.3 is 0 Å². The smallest absolute Gasteiger partial charge is 0.146 e. The second-order valence-corrected chi connectivity index (χ2v) is 12.3. The van der Waals surface area contributed by atoms with Gasteiger partial charge in [0.1, 0.15) is 5.78 Å². The summed E-state index contributed by atoms with van der Waals surface area (Å²) in [5, 5.41) is 24.8. The van der Waals surface area contributed by atoms with Crippen molar-refractivity contribution < 1.29 is 24.5 Å². The van der Waals surface area contributed by atoms with Gasteiger partial charge in [-0.1, -0.05) is 34.1 Å². The lowest BCUT2D eigenvalue weighted by Crippen LogP contribution is -2.45. The number of hydrogen-bond acceptors (Lipinski definition) is 7. The average molecular weight is 494 g/mol. The summed E-state index contributed by atoms with van der Waals surface area (Å²) in [6.07, 6.45) is 4.23. The zero-order chi connectivity index (χ0) is 25.3. The number of Topliss-reactive ketones (excluding diaryl/α,β-unsaturated/α-hetero) is 1. The number of ether oxygens (including phenoxy) is 2. The van der Waals surface area contributed by atoms with Gasteiger partial charge < -0.3 is 19.7 Å². The van der Waals surface area contributed by atoms with E-state index in [-0.39, 0.29) is 29.5 Å². The van der Waals surface area contributed by atoms with Crippen molar-refractivity contribution >= 4 is 23.2 Å². The maximum Gasteiger partial charge on any atom is 0.146 e. The standard InChI is InChI=1S/C27H43NO5S/c1-16-9-8-11-27(7)23(33-27)14-21(17(2)13-20-15-34-19(4)28-20)32-12-10-22(29)26(5,6)25(31)18(3)24(16)30/h13,15-16,18,21-24,29-30H,8-12,14H2,1-7H3/t16-,18+,21-,22-,23-,24-,27+/m0/s1.